The van der Waals surface area contributed by atoms with Crippen LogP contribution in [0.3, 0.4) is 0 Å². The van der Waals surface area contributed by atoms with Gasteiger partial charge in [0.25, 0.3) is 0 Å². The number of aromatic nitrogens is 1. The molecule has 0 aliphatic carbocycles. The average molecular weight is 202 g/mol. The van der Waals surface area contributed by atoms with Gasteiger partial charge in [-0.2, -0.15) is 12.6 Å². The van der Waals surface area contributed by atoms with E-state index in [-0.39, 0.29) is 0 Å². The predicted molar refractivity (Wildman–Crippen MR) is 57.0 cm³/mol. The molecule has 0 spiro atoms. The van der Waals surface area contributed by atoms with Gasteiger partial charge < -0.3 is 4.90 Å². The maximum absolute atomic E-state index is 4.20. The maximum atomic E-state index is 4.20. The molecule has 0 unspecified atom stereocenters. The van der Waals surface area contributed by atoms with Crippen molar-refractivity contribution in [2.24, 2.45) is 0 Å². The topological polar surface area (TPSA) is 16.1 Å². The van der Waals surface area contributed by atoms with Crippen molar-refractivity contribution in [3.8, 4) is 0 Å². The first-order valence-electron chi connectivity index (χ1n) is 3.92. The lowest BCUT2D eigenvalue weighted by Crippen LogP contribution is -2.19. The van der Waals surface area contributed by atoms with E-state index < -0.39 is 0 Å². The van der Waals surface area contributed by atoms with Gasteiger partial charge in [-0.1, -0.05) is 0 Å². The minimum Gasteiger partial charge on any atom is -0.300 e. The second-order valence-electron chi connectivity index (χ2n) is 2.82. The highest BCUT2D eigenvalue weighted by Crippen LogP contribution is 2.13. The van der Waals surface area contributed by atoms with Crippen molar-refractivity contribution in [2.45, 2.75) is 13.5 Å². The first-order chi connectivity index (χ1) is 5.74. The highest BCUT2D eigenvalue weighted by molar-refractivity contribution is 7.80. The van der Waals surface area contributed by atoms with Gasteiger partial charge in [0.05, 0.1) is 11.2 Å². The summed E-state index contributed by atoms with van der Waals surface area (Å²) in [6.45, 7) is 4.08. The first-order valence-corrected chi connectivity index (χ1v) is 5.43. The van der Waals surface area contributed by atoms with Gasteiger partial charge in [-0.15, -0.1) is 11.3 Å². The number of aryl methyl sites for hydroxylation is 1. The monoisotopic (exact) mass is 202 g/mol. The van der Waals surface area contributed by atoms with E-state index in [0.29, 0.717) is 0 Å². The number of nitrogens with zero attached hydrogens (tertiary/aromatic N) is 2. The molecule has 0 aromatic carbocycles. The zero-order chi connectivity index (χ0) is 8.97. The van der Waals surface area contributed by atoms with Crippen molar-refractivity contribution in [3.05, 3.63) is 16.1 Å². The minimum atomic E-state index is 0.911. The van der Waals surface area contributed by atoms with Crippen molar-refractivity contribution in [1.82, 2.24) is 9.88 Å². The number of thiol groups is 1. The summed E-state index contributed by atoms with van der Waals surface area (Å²) in [5, 5.41) is 0. The highest BCUT2D eigenvalue weighted by atomic mass is 32.1. The predicted octanol–water partition coefficient (Wildman–Crippen LogP) is 1.81. The minimum absolute atomic E-state index is 0.911. The van der Waals surface area contributed by atoms with Crippen LogP contribution in [0, 0.1) is 6.92 Å². The Kier molecular flexibility index (Phi) is 4.05. The molecule has 0 saturated heterocycles. The van der Waals surface area contributed by atoms with E-state index >= 15 is 0 Å². The summed E-state index contributed by atoms with van der Waals surface area (Å²) in [5.41, 5.74) is 3.06. The van der Waals surface area contributed by atoms with E-state index in [0.717, 1.165) is 24.5 Å². The number of thiazole rings is 1. The molecule has 0 atom stereocenters. The van der Waals surface area contributed by atoms with Crippen LogP contribution in [0.5, 0.6) is 0 Å². The fourth-order valence-corrected chi connectivity index (χ4v) is 2.17. The second-order valence-corrected chi connectivity index (χ2v) is 4.21. The Balaban J connectivity index is 2.46. The molecule has 0 aliphatic rings. The Bertz CT molecular complexity index is 235. The first kappa shape index (κ1) is 10.0. The number of rotatable bonds is 4. The Morgan fingerprint density at radius 1 is 1.67 bits per heavy atom. The number of hydrogen-bond acceptors (Lipinski definition) is 4. The van der Waals surface area contributed by atoms with E-state index in [2.05, 4.69) is 36.5 Å². The molecule has 0 saturated carbocycles. The maximum Gasteiger partial charge on any atom is 0.0798 e. The van der Waals surface area contributed by atoms with Crippen LogP contribution in [0.25, 0.3) is 0 Å². The average Bonchev–Trinajstić information content (AvgIpc) is 2.37. The summed E-state index contributed by atoms with van der Waals surface area (Å²) >= 11 is 5.91. The van der Waals surface area contributed by atoms with Crippen LogP contribution >= 0.6 is 24.0 Å². The zero-order valence-corrected chi connectivity index (χ0v) is 9.16. The fourth-order valence-electron chi connectivity index (χ4n) is 0.973. The lowest BCUT2D eigenvalue weighted by molar-refractivity contribution is 0.351. The van der Waals surface area contributed by atoms with Gasteiger partial charge in [-0.3, -0.25) is 0 Å². The molecule has 68 valence electrons. The second kappa shape index (κ2) is 4.84. The third-order valence-corrected chi connectivity index (χ3v) is 2.86. The summed E-state index contributed by atoms with van der Waals surface area (Å²) in [4.78, 5) is 7.82. The summed E-state index contributed by atoms with van der Waals surface area (Å²) < 4.78 is 0. The summed E-state index contributed by atoms with van der Waals surface area (Å²) in [5.74, 6) is 0.911. The quantitative estimate of drug-likeness (QED) is 0.750. The van der Waals surface area contributed by atoms with Gasteiger partial charge in [-0.05, 0) is 14.0 Å². The van der Waals surface area contributed by atoms with Crippen LogP contribution in [-0.4, -0.2) is 29.2 Å². The molecule has 2 nitrogen and oxygen atoms in total. The van der Waals surface area contributed by atoms with Crippen LogP contribution < -0.4 is 0 Å². The molecule has 1 aromatic rings. The fraction of sp³-hybridized carbons (Fsp3) is 0.625. The SMILES string of the molecule is Cc1ncsc1CN(C)CCS. The summed E-state index contributed by atoms with van der Waals surface area (Å²) in [6, 6.07) is 0. The molecular formula is C8H14N2S2. The van der Waals surface area contributed by atoms with Crippen molar-refractivity contribution < 1.29 is 0 Å². The van der Waals surface area contributed by atoms with Gasteiger partial charge in [0.2, 0.25) is 0 Å². The van der Waals surface area contributed by atoms with E-state index in [1.807, 2.05) is 5.51 Å². The van der Waals surface area contributed by atoms with Gasteiger partial charge in [0.1, 0.15) is 0 Å². The summed E-state index contributed by atoms with van der Waals surface area (Å²) in [7, 11) is 2.11. The lowest BCUT2D eigenvalue weighted by Gasteiger charge is -2.13. The van der Waals surface area contributed by atoms with Gasteiger partial charge in [0.15, 0.2) is 0 Å². The van der Waals surface area contributed by atoms with Crippen LogP contribution in [-0.2, 0) is 6.54 Å². The van der Waals surface area contributed by atoms with Gasteiger partial charge in [0, 0.05) is 23.7 Å². The lowest BCUT2D eigenvalue weighted by atomic mass is 10.4. The standard InChI is InChI=1S/C8H14N2S2/c1-7-8(12-6-9-7)5-10(2)3-4-11/h6,11H,3-5H2,1-2H3. The molecule has 4 heteroatoms. The smallest absolute Gasteiger partial charge is 0.0798 e. The molecule has 0 amide bonds. The molecule has 0 aliphatic heterocycles. The van der Waals surface area contributed by atoms with Crippen molar-refractivity contribution in [3.63, 3.8) is 0 Å². The Hall–Kier alpha value is -0.0600. The third-order valence-electron chi connectivity index (χ3n) is 1.74. The highest BCUT2D eigenvalue weighted by Gasteiger charge is 2.03. The Labute approximate surface area is 83.0 Å². The van der Waals surface area contributed by atoms with Crippen LogP contribution in [0.15, 0.2) is 5.51 Å². The molecule has 1 rings (SSSR count). The molecule has 1 heterocycles. The van der Waals surface area contributed by atoms with Crippen LogP contribution in [0.2, 0.25) is 0 Å². The van der Waals surface area contributed by atoms with Crippen LogP contribution in [0.4, 0.5) is 0 Å². The Morgan fingerprint density at radius 2 is 2.42 bits per heavy atom. The summed E-state index contributed by atoms with van der Waals surface area (Å²) in [6.07, 6.45) is 0. The van der Waals surface area contributed by atoms with E-state index in [1.165, 1.54) is 4.88 Å². The van der Waals surface area contributed by atoms with E-state index in [1.54, 1.807) is 11.3 Å². The van der Waals surface area contributed by atoms with Crippen molar-refractivity contribution in [2.75, 3.05) is 19.3 Å². The number of hydrogen-bond donors (Lipinski definition) is 1. The molecule has 0 bridgehead atoms. The Morgan fingerprint density at radius 3 is 2.92 bits per heavy atom. The largest absolute Gasteiger partial charge is 0.300 e. The normalized spacial score (nSPS) is 11.0. The van der Waals surface area contributed by atoms with Crippen molar-refractivity contribution in [1.29, 1.82) is 0 Å². The molecular weight excluding hydrogens is 188 g/mol. The molecule has 12 heavy (non-hydrogen) atoms. The zero-order valence-electron chi connectivity index (χ0n) is 7.45. The van der Waals surface area contributed by atoms with Crippen molar-refractivity contribution >= 4 is 24.0 Å². The van der Waals surface area contributed by atoms with Gasteiger partial charge in [-0.25, -0.2) is 4.98 Å². The molecule has 0 fully saturated rings. The molecule has 1 aromatic heterocycles. The van der Waals surface area contributed by atoms with Crippen LogP contribution in [0.1, 0.15) is 10.6 Å². The van der Waals surface area contributed by atoms with Gasteiger partial charge >= 0.3 is 0 Å². The van der Waals surface area contributed by atoms with E-state index in [9.17, 15) is 0 Å². The molecule has 0 N–H and O–H groups in total. The third kappa shape index (κ3) is 2.77. The molecule has 0 radical (unpaired) electrons. The van der Waals surface area contributed by atoms with E-state index in [4.69, 9.17) is 0 Å².